The fourth-order valence-electron chi connectivity index (χ4n) is 3.29. The van der Waals surface area contributed by atoms with Crippen molar-refractivity contribution in [1.82, 2.24) is 20.1 Å². The fourth-order valence-corrected chi connectivity index (χ4v) is 4.06. The van der Waals surface area contributed by atoms with Gasteiger partial charge < -0.3 is 10.6 Å². The summed E-state index contributed by atoms with van der Waals surface area (Å²) in [5.41, 5.74) is 2.75. The molecule has 4 aromatic rings. The van der Waals surface area contributed by atoms with Crippen LogP contribution in [0.2, 0.25) is 0 Å². The van der Waals surface area contributed by atoms with Crippen molar-refractivity contribution in [2.24, 2.45) is 0 Å². The lowest BCUT2D eigenvalue weighted by Crippen LogP contribution is -2.24. The van der Waals surface area contributed by atoms with E-state index in [2.05, 4.69) is 20.8 Å². The van der Waals surface area contributed by atoms with Crippen molar-refractivity contribution in [3.8, 4) is 5.69 Å². The first-order valence-corrected chi connectivity index (χ1v) is 11.5. The number of para-hydroxylation sites is 1. The summed E-state index contributed by atoms with van der Waals surface area (Å²) in [6.45, 7) is 2.08. The highest BCUT2D eigenvalue weighted by Gasteiger charge is 2.17. The van der Waals surface area contributed by atoms with Gasteiger partial charge in [0.05, 0.1) is 12.3 Å². The van der Waals surface area contributed by atoms with Crippen molar-refractivity contribution in [2.75, 3.05) is 11.1 Å². The van der Waals surface area contributed by atoms with Gasteiger partial charge in [0.25, 0.3) is 5.91 Å². The summed E-state index contributed by atoms with van der Waals surface area (Å²) in [7, 11) is 0. The first kappa shape index (κ1) is 23.2. The number of hydrogen-bond donors (Lipinski definition) is 2. The van der Waals surface area contributed by atoms with E-state index in [1.807, 2.05) is 55.5 Å². The number of hydrogen-bond acceptors (Lipinski definition) is 5. The van der Waals surface area contributed by atoms with E-state index in [-0.39, 0.29) is 24.1 Å². The maximum absolute atomic E-state index is 13.4. The molecule has 7 nitrogen and oxygen atoms in total. The number of carbonyl (C=O) groups excluding carboxylic acids is 2. The first-order chi connectivity index (χ1) is 16.5. The predicted molar refractivity (Wildman–Crippen MR) is 129 cm³/mol. The van der Waals surface area contributed by atoms with E-state index in [9.17, 15) is 14.0 Å². The van der Waals surface area contributed by atoms with Crippen molar-refractivity contribution in [3.63, 3.8) is 0 Å². The molecule has 9 heteroatoms. The Labute approximate surface area is 200 Å². The van der Waals surface area contributed by atoms with E-state index in [1.54, 1.807) is 16.7 Å². The normalized spacial score (nSPS) is 10.6. The third-order valence-corrected chi connectivity index (χ3v) is 5.77. The fraction of sp³-hybridized carbons (Fsp3) is 0.120. The van der Waals surface area contributed by atoms with E-state index < -0.39 is 5.82 Å². The van der Waals surface area contributed by atoms with E-state index in [4.69, 9.17) is 0 Å². The molecule has 0 fully saturated rings. The van der Waals surface area contributed by atoms with Gasteiger partial charge in [0.1, 0.15) is 5.82 Å². The molecule has 0 radical (unpaired) electrons. The minimum atomic E-state index is -0.424. The van der Waals surface area contributed by atoms with Gasteiger partial charge in [-0.25, -0.2) is 4.39 Å². The van der Waals surface area contributed by atoms with E-state index in [0.29, 0.717) is 22.2 Å². The minimum Gasteiger partial charge on any atom is -0.345 e. The molecule has 0 saturated heterocycles. The predicted octanol–water partition coefficient (Wildman–Crippen LogP) is 4.38. The zero-order chi connectivity index (χ0) is 23.9. The number of carbonyl (C=O) groups is 2. The van der Waals surface area contributed by atoms with E-state index in [0.717, 1.165) is 11.3 Å². The molecule has 0 atom stereocenters. The lowest BCUT2D eigenvalue weighted by molar-refractivity contribution is -0.113. The van der Waals surface area contributed by atoms with Crippen molar-refractivity contribution < 1.29 is 14.0 Å². The Morgan fingerprint density at radius 1 is 0.971 bits per heavy atom. The number of nitrogens with one attached hydrogen (secondary N) is 2. The monoisotopic (exact) mass is 475 g/mol. The van der Waals surface area contributed by atoms with Gasteiger partial charge in [-0.15, -0.1) is 10.2 Å². The zero-order valence-electron chi connectivity index (χ0n) is 18.4. The molecule has 1 aromatic heterocycles. The van der Waals surface area contributed by atoms with Gasteiger partial charge >= 0.3 is 0 Å². The van der Waals surface area contributed by atoms with Crippen LogP contribution in [-0.2, 0) is 11.3 Å². The third-order valence-electron chi connectivity index (χ3n) is 4.84. The van der Waals surface area contributed by atoms with Gasteiger partial charge in [-0.1, -0.05) is 53.7 Å². The van der Waals surface area contributed by atoms with Crippen molar-refractivity contribution in [3.05, 3.63) is 102 Å². The molecule has 0 spiro atoms. The second-order valence-corrected chi connectivity index (χ2v) is 8.41. The Hall–Kier alpha value is -3.98. The van der Waals surface area contributed by atoms with Crippen LogP contribution in [0.4, 0.5) is 10.1 Å². The summed E-state index contributed by atoms with van der Waals surface area (Å²) >= 11 is 1.20. The van der Waals surface area contributed by atoms with Crippen LogP contribution in [0.1, 0.15) is 21.7 Å². The molecule has 0 aliphatic heterocycles. The van der Waals surface area contributed by atoms with Gasteiger partial charge in [-0.05, 0) is 49.4 Å². The molecule has 3 aromatic carbocycles. The molecule has 0 saturated carbocycles. The highest BCUT2D eigenvalue weighted by atomic mass is 32.2. The Kier molecular flexibility index (Phi) is 7.34. The second-order valence-electron chi connectivity index (χ2n) is 7.47. The molecule has 0 unspecified atom stereocenters. The third kappa shape index (κ3) is 5.87. The number of aryl methyl sites for hydroxylation is 1. The summed E-state index contributed by atoms with van der Waals surface area (Å²) < 4.78 is 15.2. The van der Waals surface area contributed by atoms with Crippen LogP contribution in [0.25, 0.3) is 5.69 Å². The second kappa shape index (κ2) is 10.8. The van der Waals surface area contributed by atoms with Gasteiger partial charge in [-0.2, -0.15) is 0 Å². The average Bonchev–Trinajstić information content (AvgIpc) is 3.24. The number of halogens is 1. The van der Waals surface area contributed by atoms with Crippen LogP contribution in [0.15, 0.2) is 84.0 Å². The van der Waals surface area contributed by atoms with Crippen LogP contribution in [0.3, 0.4) is 0 Å². The standard InChI is InChI=1S/C25H22FN5O2S/c1-17-7-5-8-18(13-17)24(33)27-15-22-29-30-25(31(22)21-11-3-2-4-12-21)34-16-23(32)28-20-10-6-9-19(26)14-20/h2-14H,15-16H2,1H3,(H,27,33)(H,28,32). The summed E-state index contributed by atoms with van der Waals surface area (Å²) in [5.74, 6) is -0.355. The van der Waals surface area contributed by atoms with Gasteiger partial charge in [0.15, 0.2) is 11.0 Å². The topological polar surface area (TPSA) is 88.9 Å². The molecule has 0 aliphatic rings. The Bertz CT molecular complexity index is 1310. The van der Waals surface area contributed by atoms with Gasteiger partial charge in [0.2, 0.25) is 5.91 Å². The Morgan fingerprint density at radius 3 is 2.53 bits per heavy atom. The lowest BCUT2D eigenvalue weighted by atomic mass is 10.1. The zero-order valence-corrected chi connectivity index (χ0v) is 19.2. The minimum absolute atomic E-state index is 0.0527. The molecule has 0 aliphatic carbocycles. The van der Waals surface area contributed by atoms with Crippen molar-refractivity contribution >= 4 is 29.3 Å². The molecular weight excluding hydrogens is 453 g/mol. The number of aromatic nitrogens is 3. The first-order valence-electron chi connectivity index (χ1n) is 10.5. The van der Waals surface area contributed by atoms with Crippen LogP contribution in [0.5, 0.6) is 0 Å². The maximum Gasteiger partial charge on any atom is 0.251 e. The molecule has 2 N–H and O–H groups in total. The summed E-state index contributed by atoms with van der Waals surface area (Å²) in [6.07, 6.45) is 0. The molecule has 1 heterocycles. The number of thioether (sulfide) groups is 1. The van der Waals surface area contributed by atoms with Crippen LogP contribution < -0.4 is 10.6 Å². The molecule has 172 valence electrons. The summed E-state index contributed by atoms with van der Waals surface area (Å²) in [4.78, 5) is 25.0. The highest BCUT2D eigenvalue weighted by molar-refractivity contribution is 7.99. The molecular formula is C25H22FN5O2S. The molecule has 2 amide bonds. The van der Waals surface area contributed by atoms with E-state index >= 15 is 0 Å². The van der Waals surface area contributed by atoms with Crippen LogP contribution >= 0.6 is 11.8 Å². The number of rotatable bonds is 8. The van der Waals surface area contributed by atoms with Crippen LogP contribution in [0, 0.1) is 12.7 Å². The average molecular weight is 476 g/mol. The quantitative estimate of drug-likeness (QED) is 0.369. The van der Waals surface area contributed by atoms with Gasteiger partial charge in [0, 0.05) is 16.9 Å². The van der Waals surface area contributed by atoms with Crippen molar-refractivity contribution in [1.29, 1.82) is 0 Å². The van der Waals surface area contributed by atoms with E-state index in [1.165, 1.54) is 30.0 Å². The van der Waals surface area contributed by atoms with Crippen molar-refractivity contribution in [2.45, 2.75) is 18.6 Å². The lowest BCUT2D eigenvalue weighted by Gasteiger charge is -2.11. The number of nitrogens with zero attached hydrogens (tertiary/aromatic N) is 3. The molecule has 0 bridgehead atoms. The Balaban J connectivity index is 1.48. The SMILES string of the molecule is Cc1cccc(C(=O)NCc2nnc(SCC(=O)Nc3cccc(F)c3)n2-c2ccccc2)c1. The maximum atomic E-state index is 13.4. The largest absolute Gasteiger partial charge is 0.345 e. The highest BCUT2D eigenvalue weighted by Crippen LogP contribution is 2.22. The Morgan fingerprint density at radius 2 is 1.76 bits per heavy atom. The molecule has 34 heavy (non-hydrogen) atoms. The van der Waals surface area contributed by atoms with Gasteiger partial charge in [-0.3, -0.25) is 14.2 Å². The smallest absolute Gasteiger partial charge is 0.251 e. The number of anilines is 1. The summed E-state index contributed by atoms with van der Waals surface area (Å²) in [6, 6.07) is 22.5. The van der Waals surface area contributed by atoms with Crippen LogP contribution in [-0.4, -0.2) is 32.3 Å². The summed E-state index contributed by atoms with van der Waals surface area (Å²) in [5, 5.41) is 14.5. The number of benzene rings is 3. The molecule has 4 rings (SSSR count). The number of amides is 2.